The van der Waals surface area contributed by atoms with Crippen molar-refractivity contribution in [1.29, 1.82) is 0 Å². The molecule has 0 aromatic heterocycles. The minimum absolute atomic E-state index is 0.0674. The van der Waals surface area contributed by atoms with Crippen LogP contribution in [-0.2, 0) is 10.0 Å². The van der Waals surface area contributed by atoms with Gasteiger partial charge in [0.25, 0.3) is 15.9 Å². The lowest BCUT2D eigenvalue weighted by molar-refractivity contribution is 0.0930. The first-order valence-corrected chi connectivity index (χ1v) is 11.5. The number of anilines is 1. The number of rotatable bonds is 9. The second-order valence-corrected chi connectivity index (χ2v) is 9.24. The fourth-order valence-electron chi connectivity index (χ4n) is 3.19. The summed E-state index contributed by atoms with van der Waals surface area (Å²) in [5.41, 5.74) is 1.80. The molecule has 0 heterocycles. The molecule has 0 aliphatic rings. The Morgan fingerprint density at radius 3 is 2.12 bits per heavy atom. The van der Waals surface area contributed by atoms with Gasteiger partial charge in [-0.05, 0) is 68.2 Å². The van der Waals surface area contributed by atoms with E-state index in [9.17, 15) is 13.2 Å². The van der Waals surface area contributed by atoms with Crippen LogP contribution in [0.4, 0.5) is 5.69 Å². The van der Waals surface area contributed by atoms with E-state index in [0.29, 0.717) is 23.5 Å². The number of likely N-dealkylation sites (N-methyl/N-ethyl adjacent to an activating group) is 1. The second-order valence-electron chi connectivity index (χ2n) is 7.56. The molecule has 2 N–H and O–H groups in total. The van der Waals surface area contributed by atoms with E-state index in [0.717, 1.165) is 5.56 Å². The summed E-state index contributed by atoms with van der Waals surface area (Å²) in [6.45, 7) is 0.633. The molecule has 3 rings (SSSR count). The first-order chi connectivity index (χ1) is 15.3. The summed E-state index contributed by atoms with van der Waals surface area (Å²) in [7, 11) is 1.64. The number of carbonyl (C=O) groups excluding carboxylic acids is 1. The predicted molar refractivity (Wildman–Crippen MR) is 125 cm³/mol. The van der Waals surface area contributed by atoms with Crippen LogP contribution >= 0.6 is 0 Å². The highest BCUT2D eigenvalue weighted by Crippen LogP contribution is 2.20. The Morgan fingerprint density at radius 2 is 1.56 bits per heavy atom. The SMILES string of the molecule is COc1ccc(NS(=O)(=O)c2ccc(C(=O)NC(CN(C)C)c3ccccc3)cc2)cc1. The average molecular weight is 454 g/mol. The van der Waals surface area contributed by atoms with Crippen molar-refractivity contribution < 1.29 is 17.9 Å². The monoisotopic (exact) mass is 453 g/mol. The fraction of sp³-hybridized carbons (Fsp3) is 0.208. The number of carbonyl (C=O) groups is 1. The molecule has 0 saturated carbocycles. The van der Waals surface area contributed by atoms with Crippen LogP contribution in [0.1, 0.15) is 22.0 Å². The number of nitrogens with zero attached hydrogens (tertiary/aromatic N) is 1. The van der Waals surface area contributed by atoms with Crippen molar-refractivity contribution >= 4 is 21.6 Å². The first-order valence-electron chi connectivity index (χ1n) is 10.1. The molecule has 0 aliphatic heterocycles. The highest BCUT2D eigenvalue weighted by Gasteiger charge is 2.18. The van der Waals surface area contributed by atoms with E-state index >= 15 is 0 Å². The number of sulfonamides is 1. The van der Waals surface area contributed by atoms with Crippen LogP contribution in [0.5, 0.6) is 5.75 Å². The van der Waals surface area contributed by atoms with Gasteiger partial charge in [0.2, 0.25) is 0 Å². The topological polar surface area (TPSA) is 87.7 Å². The molecule has 7 nitrogen and oxygen atoms in total. The zero-order chi connectivity index (χ0) is 23.1. The first kappa shape index (κ1) is 23.3. The summed E-state index contributed by atoms with van der Waals surface area (Å²) in [4.78, 5) is 14.9. The van der Waals surface area contributed by atoms with E-state index < -0.39 is 10.0 Å². The van der Waals surface area contributed by atoms with Crippen molar-refractivity contribution in [1.82, 2.24) is 10.2 Å². The van der Waals surface area contributed by atoms with Gasteiger partial charge in [-0.1, -0.05) is 30.3 Å². The van der Waals surface area contributed by atoms with Crippen LogP contribution in [0.15, 0.2) is 83.8 Å². The van der Waals surface area contributed by atoms with E-state index in [1.165, 1.54) is 24.3 Å². The lowest BCUT2D eigenvalue weighted by Gasteiger charge is -2.23. The van der Waals surface area contributed by atoms with Crippen LogP contribution in [0.3, 0.4) is 0 Å². The van der Waals surface area contributed by atoms with E-state index in [4.69, 9.17) is 4.74 Å². The fourth-order valence-corrected chi connectivity index (χ4v) is 4.24. The molecule has 3 aromatic rings. The van der Waals surface area contributed by atoms with Crippen LogP contribution in [-0.4, -0.2) is 47.0 Å². The molecule has 1 atom stereocenters. The number of hydrogen-bond donors (Lipinski definition) is 2. The lowest BCUT2D eigenvalue weighted by Crippen LogP contribution is -2.35. The molecule has 8 heteroatoms. The molecule has 0 saturated heterocycles. The molecule has 0 fully saturated rings. The Balaban J connectivity index is 1.72. The van der Waals surface area contributed by atoms with Gasteiger partial charge in [0, 0.05) is 17.8 Å². The van der Waals surface area contributed by atoms with E-state index in [-0.39, 0.29) is 16.8 Å². The summed E-state index contributed by atoms with van der Waals surface area (Å²) >= 11 is 0. The lowest BCUT2D eigenvalue weighted by atomic mass is 10.1. The molecule has 0 aliphatic carbocycles. The maximum Gasteiger partial charge on any atom is 0.261 e. The van der Waals surface area contributed by atoms with Crippen LogP contribution in [0.2, 0.25) is 0 Å². The summed E-state index contributed by atoms with van der Waals surface area (Å²) in [5, 5.41) is 3.03. The Hall–Kier alpha value is -3.36. The molecule has 0 bridgehead atoms. The third-order valence-corrected chi connectivity index (χ3v) is 6.22. The molecule has 1 amide bonds. The maximum atomic E-state index is 12.8. The molecule has 0 radical (unpaired) electrons. The molecule has 3 aromatic carbocycles. The van der Waals surface area contributed by atoms with Gasteiger partial charge in [0.05, 0.1) is 18.0 Å². The standard InChI is InChI=1S/C24H27N3O4S/c1-27(2)17-23(18-7-5-4-6-8-18)25-24(28)19-9-15-22(16-10-19)32(29,30)26-20-11-13-21(31-3)14-12-20/h4-16,23,26H,17H2,1-3H3,(H,25,28). The number of ether oxygens (including phenoxy) is 1. The van der Waals surface area contributed by atoms with Crippen molar-refractivity contribution in [3.63, 3.8) is 0 Å². The van der Waals surface area contributed by atoms with Gasteiger partial charge in [-0.15, -0.1) is 0 Å². The van der Waals surface area contributed by atoms with Crippen LogP contribution < -0.4 is 14.8 Å². The van der Waals surface area contributed by atoms with Crippen LogP contribution in [0.25, 0.3) is 0 Å². The van der Waals surface area contributed by atoms with Crippen molar-refractivity contribution in [2.75, 3.05) is 32.5 Å². The molecule has 0 spiro atoms. The highest BCUT2D eigenvalue weighted by molar-refractivity contribution is 7.92. The predicted octanol–water partition coefficient (Wildman–Crippen LogP) is 3.53. The third kappa shape index (κ3) is 6.09. The van der Waals surface area contributed by atoms with Crippen molar-refractivity contribution in [3.05, 3.63) is 90.0 Å². The molecule has 168 valence electrons. The number of nitrogens with one attached hydrogen (secondary N) is 2. The smallest absolute Gasteiger partial charge is 0.261 e. The maximum absolute atomic E-state index is 12.8. The van der Waals surface area contributed by atoms with Gasteiger partial charge in [0.1, 0.15) is 5.75 Å². The van der Waals surface area contributed by atoms with Crippen LogP contribution in [0, 0.1) is 0 Å². The number of benzene rings is 3. The Morgan fingerprint density at radius 1 is 0.938 bits per heavy atom. The molecule has 1 unspecified atom stereocenters. The Bertz CT molecular complexity index is 1130. The number of methoxy groups -OCH3 is 1. The Labute approximate surface area is 189 Å². The Kier molecular flexibility index (Phi) is 7.50. The highest BCUT2D eigenvalue weighted by atomic mass is 32.2. The van der Waals surface area contributed by atoms with Gasteiger partial charge in [-0.2, -0.15) is 0 Å². The second kappa shape index (κ2) is 10.3. The molecule has 32 heavy (non-hydrogen) atoms. The normalized spacial score (nSPS) is 12.2. The van der Waals surface area contributed by atoms with E-state index in [2.05, 4.69) is 10.0 Å². The van der Waals surface area contributed by atoms with Gasteiger partial charge < -0.3 is 15.0 Å². The zero-order valence-electron chi connectivity index (χ0n) is 18.3. The van der Waals surface area contributed by atoms with Gasteiger partial charge in [-0.25, -0.2) is 8.42 Å². The van der Waals surface area contributed by atoms with Crippen molar-refractivity contribution in [3.8, 4) is 5.75 Å². The third-order valence-electron chi connectivity index (χ3n) is 4.82. The molecular formula is C24H27N3O4S. The summed E-state index contributed by atoms with van der Waals surface area (Å²) in [5.74, 6) is 0.360. The summed E-state index contributed by atoms with van der Waals surface area (Å²) in [6.07, 6.45) is 0. The molecular weight excluding hydrogens is 426 g/mol. The van der Waals surface area contributed by atoms with Gasteiger partial charge >= 0.3 is 0 Å². The number of amides is 1. The van der Waals surface area contributed by atoms with Gasteiger partial charge in [-0.3, -0.25) is 9.52 Å². The summed E-state index contributed by atoms with van der Waals surface area (Å²) in [6, 6.07) is 22.0. The average Bonchev–Trinajstić information content (AvgIpc) is 2.79. The largest absolute Gasteiger partial charge is 0.497 e. The van der Waals surface area contributed by atoms with E-state index in [1.807, 2.05) is 49.3 Å². The van der Waals surface area contributed by atoms with E-state index in [1.54, 1.807) is 31.4 Å². The zero-order valence-corrected chi connectivity index (χ0v) is 19.1. The van der Waals surface area contributed by atoms with Crippen molar-refractivity contribution in [2.24, 2.45) is 0 Å². The quantitative estimate of drug-likeness (QED) is 0.518. The minimum atomic E-state index is -3.79. The summed E-state index contributed by atoms with van der Waals surface area (Å²) < 4.78 is 32.9. The van der Waals surface area contributed by atoms with Crippen molar-refractivity contribution in [2.45, 2.75) is 10.9 Å². The minimum Gasteiger partial charge on any atom is -0.497 e. The number of hydrogen-bond acceptors (Lipinski definition) is 5. The van der Waals surface area contributed by atoms with Gasteiger partial charge in [0.15, 0.2) is 0 Å².